The van der Waals surface area contributed by atoms with E-state index in [-0.39, 0.29) is 16.8 Å². The zero-order valence-electron chi connectivity index (χ0n) is 11.4. The van der Waals surface area contributed by atoms with E-state index in [1.165, 1.54) is 0 Å². The molecule has 1 amide bonds. The number of nitrogens with one attached hydrogen (secondary N) is 1. The minimum absolute atomic E-state index is 0.00732. The molecule has 9 heteroatoms. The predicted octanol–water partition coefficient (Wildman–Crippen LogP) is 4.90. The molecule has 0 saturated heterocycles. The van der Waals surface area contributed by atoms with Gasteiger partial charge in [0.2, 0.25) is 0 Å². The average molecular weight is 404 g/mol. The summed E-state index contributed by atoms with van der Waals surface area (Å²) in [6.45, 7) is -0.00732. The second-order valence-electron chi connectivity index (χ2n) is 4.32. The lowest BCUT2D eigenvalue weighted by atomic mass is 10.2. The maximum absolute atomic E-state index is 14.1. The maximum Gasteiger partial charge on any atom is 0.412 e. The number of nitrogens with zero attached hydrogens (tertiary/aromatic N) is 1. The Hall–Kier alpha value is -2.19. The van der Waals surface area contributed by atoms with E-state index in [1.54, 1.807) is 24.3 Å². The number of hydrogen-bond acceptors (Lipinski definition) is 4. The van der Waals surface area contributed by atoms with E-state index in [1.807, 2.05) is 6.07 Å². The highest BCUT2D eigenvalue weighted by Gasteiger charge is 2.24. The minimum Gasteiger partial charge on any atom is -0.444 e. The van der Waals surface area contributed by atoms with E-state index >= 15 is 0 Å². The van der Waals surface area contributed by atoms with Gasteiger partial charge in [-0.05, 0) is 21.5 Å². The molecule has 0 aliphatic carbocycles. The quantitative estimate of drug-likeness (QED) is 0.447. The van der Waals surface area contributed by atoms with Crippen LogP contribution in [0.4, 0.5) is 20.6 Å². The smallest absolute Gasteiger partial charge is 0.412 e. The lowest BCUT2D eigenvalue weighted by Gasteiger charge is -2.10. The number of halogens is 3. The van der Waals surface area contributed by atoms with Crippen LogP contribution >= 0.6 is 27.5 Å². The molecular weight excluding hydrogens is 395 g/mol. The number of ether oxygens (including phenoxy) is 1. The van der Waals surface area contributed by atoms with Gasteiger partial charge in [-0.15, -0.1) is 0 Å². The van der Waals surface area contributed by atoms with Crippen LogP contribution in [0.1, 0.15) is 5.56 Å². The molecule has 2 rings (SSSR count). The molecule has 2 aromatic rings. The highest BCUT2D eigenvalue weighted by Crippen LogP contribution is 2.37. The summed E-state index contributed by atoms with van der Waals surface area (Å²) in [4.78, 5) is 21.6. The Bertz CT molecular complexity index is 758. The zero-order valence-corrected chi connectivity index (χ0v) is 13.7. The normalized spacial score (nSPS) is 10.2. The molecule has 1 N–H and O–H groups in total. The number of carbonyl (C=O) groups excluding carboxylic acids is 1. The number of benzene rings is 2. The number of anilines is 1. The van der Waals surface area contributed by atoms with E-state index in [0.29, 0.717) is 0 Å². The molecule has 2 aromatic carbocycles. The van der Waals surface area contributed by atoms with Gasteiger partial charge in [0.1, 0.15) is 6.61 Å². The maximum atomic E-state index is 14.1. The van der Waals surface area contributed by atoms with Gasteiger partial charge in [0.15, 0.2) is 10.8 Å². The molecule has 0 heterocycles. The second kappa shape index (κ2) is 7.38. The van der Waals surface area contributed by atoms with E-state index in [0.717, 1.165) is 11.6 Å². The monoisotopic (exact) mass is 402 g/mol. The summed E-state index contributed by atoms with van der Waals surface area (Å²) in [5, 5.41) is 12.2. The van der Waals surface area contributed by atoms with Crippen LogP contribution in [0.15, 0.2) is 40.9 Å². The van der Waals surface area contributed by atoms with Crippen LogP contribution in [0.3, 0.4) is 0 Å². The van der Waals surface area contributed by atoms with Gasteiger partial charge in [0.05, 0.1) is 15.1 Å². The first-order chi connectivity index (χ1) is 10.9. The van der Waals surface area contributed by atoms with Gasteiger partial charge in [-0.1, -0.05) is 41.9 Å². The number of nitro benzene ring substituents is 1. The lowest BCUT2D eigenvalue weighted by molar-refractivity contribution is -0.384. The van der Waals surface area contributed by atoms with Crippen molar-refractivity contribution >= 4 is 45.0 Å². The Morgan fingerprint density at radius 3 is 2.65 bits per heavy atom. The standard InChI is InChI=1S/C14H9BrClFN2O4/c15-9-6-10(19(21)22)11(16)12(17)13(9)18-14(20)23-7-8-4-2-1-3-5-8/h1-6H,7H2,(H,18,20). The number of rotatable bonds is 4. The molecular formula is C14H9BrClFN2O4. The average Bonchev–Trinajstić information content (AvgIpc) is 2.53. The molecule has 0 fully saturated rings. The largest absolute Gasteiger partial charge is 0.444 e. The van der Waals surface area contributed by atoms with Crippen molar-refractivity contribution in [1.29, 1.82) is 0 Å². The van der Waals surface area contributed by atoms with Crippen LogP contribution < -0.4 is 5.32 Å². The number of hydrogen-bond donors (Lipinski definition) is 1. The van der Waals surface area contributed by atoms with E-state index in [9.17, 15) is 19.3 Å². The third-order valence-electron chi connectivity index (χ3n) is 2.78. The molecule has 0 aliphatic rings. The van der Waals surface area contributed by atoms with Gasteiger partial charge in [-0.3, -0.25) is 15.4 Å². The van der Waals surface area contributed by atoms with Gasteiger partial charge in [-0.25, -0.2) is 9.18 Å². The van der Waals surface area contributed by atoms with Gasteiger partial charge in [0.25, 0.3) is 5.69 Å². The van der Waals surface area contributed by atoms with Crippen molar-refractivity contribution in [3.8, 4) is 0 Å². The topological polar surface area (TPSA) is 81.5 Å². The van der Waals surface area contributed by atoms with Crippen LogP contribution in [0.2, 0.25) is 5.02 Å². The summed E-state index contributed by atoms with van der Waals surface area (Å²) >= 11 is 8.54. The van der Waals surface area contributed by atoms with Crippen molar-refractivity contribution in [3.05, 3.63) is 67.4 Å². The molecule has 0 aromatic heterocycles. The summed E-state index contributed by atoms with van der Waals surface area (Å²) in [6.07, 6.45) is -0.918. The first-order valence-corrected chi connectivity index (χ1v) is 7.37. The van der Waals surface area contributed by atoms with Crippen LogP contribution in [-0.4, -0.2) is 11.0 Å². The number of carbonyl (C=O) groups is 1. The fourth-order valence-electron chi connectivity index (χ4n) is 1.69. The van der Waals surface area contributed by atoms with Crippen LogP contribution in [0.25, 0.3) is 0 Å². The van der Waals surface area contributed by atoms with Gasteiger partial charge < -0.3 is 4.74 Å². The van der Waals surface area contributed by atoms with Crippen LogP contribution in [-0.2, 0) is 11.3 Å². The van der Waals surface area contributed by atoms with Crippen molar-refractivity contribution in [2.45, 2.75) is 6.61 Å². The summed E-state index contributed by atoms with van der Waals surface area (Å²) in [7, 11) is 0. The Balaban J connectivity index is 2.12. The Kier molecular flexibility index (Phi) is 5.51. The lowest BCUT2D eigenvalue weighted by Crippen LogP contribution is -2.15. The highest BCUT2D eigenvalue weighted by atomic mass is 79.9. The Morgan fingerprint density at radius 1 is 1.39 bits per heavy atom. The Morgan fingerprint density at radius 2 is 2.04 bits per heavy atom. The summed E-state index contributed by atoms with van der Waals surface area (Å²) < 4.78 is 19.0. The SMILES string of the molecule is O=C(Nc1c(Br)cc([N+](=O)[O-])c(Cl)c1F)OCc1ccccc1. The second-order valence-corrected chi connectivity index (χ2v) is 5.56. The first-order valence-electron chi connectivity index (χ1n) is 6.19. The molecule has 0 atom stereocenters. The minimum atomic E-state index is -1.12. The van der Waals surface area contributed by atoms with E-state index in [4.69, 9.17) is 16.3 Å². The zero-order chi connectivity index (χ0) is 17.0. The number of amides is 1. The summed E-state index contributed by atoms with van der Waals surface area (Å²) in [5.74, 6) is -1.12. The highest BCUT2D eigenvalue weighted by molar-refractivity contribution is 9.10. The molecule has 6 nitrogen and oxygen atoms in total. The fraction of sp³-hybridized carbons (Fsp3) is 0.0714. The van der Waals surface area contributed by atoms with Crippen LogP contribution in [0, 0.1) is 15.9 Å². The van der Waals surface area contributed by atoms with E-state index in [2.05, 4.69) is 21.2 Å². The van der Waals surface area contributed by atoms with Crippen molar-refractivity contribution < 1.29 is 18.8 Å². The van der Waals surface area contributed by atoms with E-state index < -0.39 is 27.5 Å². The van der Waals surface area contributed by atoms with Crippen molar-refractivity contribution in [2.24, 2.45) is 0 Å². The predicted molar refractivity (Wildman–Crippen MR) is 86.0 cm³/mol. The molecule has 0 radical (unpaired) electrons. The number of nitro groups is 1. The third-order valence-corrected chi connectivity index (χ3v) is 3.76. The van der Waals surface area contributed by atoms with Crippen molar-refractivity contribution in [1.82, 2.24) is 0 Å². The summed E-state index contributed by atoms with van der Waals surface area (Å²) in [6, 6.07) is 9.89. The molecule has 120 valence electrons. The van der Waals surface area contributed by atoms with Gasteiger partial charge in [0, 0.05) is 6.07 Å². The van der Waals surface area contributed by atoms with Gasteiger partial charge >= 0.3 is 6.09 Å². The Labute approximate surface area is 143 Å². The summed E-state index contributed by atoms with van der Waals surface area (Å²) in [5.41, 5.74) is -0.193. The fourth-order valence-corrected chi connectivity index (χ4v) is 2.40. The first kappa shape index (κ1) is 17.2. The molecule has 0 saturated carbocycles. The van der Waals surface area contributed by atoms with Crippen molar-refractivity contribution in [3.63, 3.8) is 0 Å². The third kappa shape index (κ3) is 4.17. The molecule has 0 bridgehead atoms. The van der Waals surface area contributed by atoms with Gasteiger partial charge in [-0.2, -0.15) is 0 Å². The molecule has 0 unspecified atom stereocenters. The van der Waals surface area contributed by atoms with Crippen molar-refractivity contribution in [2.75, 3.05) is 5.32 Å². The molecule has 0 aliphatic heterocycles. The van der Waals surface area contributed by atoms with Crippen LogP contribution in [0.5, 0.6) is 0 Å². The molecule has 0 spiro atoms. The molecule has 23 heavy (non-hydrogen) atoms.